The molecular weight excluding hydrogens is 399 g/mol. The van der Waals surface area contributed by atoms with Crippen molar-refractivity contribution in [2.75, 3.05) is 5.32 Å². The highest BCUT2D eigenvalue weighted by molar-refractivity contribution is 6.01. The van der Waals surface area contributed by atoms with Crippen LogP contribution >= 0.6 is 0 Å². The molecule has 2 aliphatic heterocycles. The summed E-state index contributed by atoms with van der Waals surface area (Å²) in [7, 11) is 1.78. The molecule has 1 saturated carbocycles. The van der Waals surface area contributed by atoms with E-state index >= 15 is 0 Å². The van der Waals surface area contributed by atoms with Gasteiger partial charge in [0.25, 0.3) is 0 Å². The number of amides is 1. The maximum Gasteiger partial charge on any atom is 0.416 e. The van der Waals surface area contributed by atoms with Crippen molar-refractivity contribution >= 4 is 11.6 Å². The Morgan fingerprint density at radius 1 is 1.37 bits per heavy atom. The molecule has 1 aromatic heterocycles. The van der Waals surface area contributed by atoms with Crippen molar-refractivity contribution < 1.29 is 27.8 Å². The normalized spacial score (nSPS) is 34.2. The van der Waals surface area contributed by atoms with Crippen LogP contribution in [0.3, 0.4) is 0 Å². The highest BCUT2D eigenvalue weighted by atomic mass is 19.4. The first kappa shape index (κ1) is 19.6. The van der Waals surface area contributed by atoms with Crippen LogP contribution in [0.25, 0.3) is 0 Å². The fraction of sp³-hybridized carbons (Fsp3) is 0.524. The Balaban J connectivity index is 1.51. The van der Waals surface area contributed by atoms with Gasteiger partial charge in [-0.25, -0.2) is 0 Å². The molecule has 5 atom stereocenters. The monoisotopic (exact) mass is 421 g/mol. The van der Waals surface area contributed by atoms with E-state index in [4.69, 9.17) is 4.74 Å². The highest BCUT2D eigenvalue weighted by Gasteiger charge is 2.87. The number of nitrogens with one attached hydrogen (secondary N) is 1. The summed E-state index contributed by atoms with van der Waals surface area (Å²) in [5.41, 5.74) is -0.612. The van der Waals surface area contributed by atoms with Crippen LogP contribution in [0.15, 0.2) is 24.4 Å². The van der Waals surface area contributed by atoms with Gasteiger partial charge in [-0.3, -0.25) is 9.48 Å². The molecule has 5 rings (SSSR count). The fourth-order valence-electron chi connectivity index (χ4n) is 5.78. The number of ether oxygens (including phenoxy) is 1. The van der Waals surface area contributed by atoms with Gasteiger partial charge >= 0.3 is 6.18 Å². The smallest absolute Gasteiger partial charge is 0.390 e. The van der Waals surface area contributed by atoms with E-state index in [2.05, 4.69) is 10.4 Å². The van der Waals surface area contributed by atoms with Crippen LogP contribution in [0.2, 0.25) is 0 Å². The fourth-order valence-corrected chi connectivity index (χ4v) is 5.78. The molecule has 1 aliphatic carbocycles. The summed E-state index contributed by atoms with van der Waals surface area (Å²) in [6.45, 7) is 3.23. The average Bonchev–Trinajstić information content (AvgIpc) is 2.87. The van der Waals surface area contributed by atoms with Crippen LogP contribution in [-0.4, -0.2) is 39.1 Å². The molecule has 0 spiro atoms. The Bertz CT molecular complexity index is 1070. The number of anilines is 1. The van der Waals surface area contributed by atoms with E-state index in [1.807, 2.05) is 13.1 Å². The number of aliphatic hydroxyl groups is 1. The molecule has 9 heteroatoms. The number of nitrogens with zero attached hydrogens (tertiary/aromatic N) is 2. The number of alkyl halides is 3. The van der Waals surface area contributed by atoms with Crippen molar-refractivity contribution in [3.8, 4) is 0 Å². The molecule has 1 amide bonds. The third kappa shape index (κ3) is 2.33. The molecule has 2 N–H and O–H groups in total. The number of halogens is 3. The van der Waals surface area contributed by atoms with E-state index in [1.165, 1.54) is 19.1 Å². The number of hydrogen-bond acceptors (Lipinski definition) is 4. The number of aryl methyl sites for hydroxylation is 3. The number of fused-ring (bicyclic) bond motifs is 5. The zero-order valence-electron chi connectivity index (χ0n) is 16.7. The second kappa shape index (κ2) is 5.85. The largest absolute Gasteiger partial charge is 0.416 e. The van der Waals surface area contributed by atoms with Gasteiger partial charge in [0.15, 0.2) is 0 Å². The van der Waals surface area contributed by atoms with Gasteiger partial charge < -0.3 is 15.2 Å². The number of benzene rings is 1. The standard InChI is InChI=1S/C21H22F3N3O3/c1-10-4-5-12(6-13(10)21(22,23)24)25-18(29)20-9-19(20,14-8-27(3)26-11(14)2)17-15(28)7-16(20)30-17/h4-6,8,15-17,28H,7,9H2,1-3H3,(H,25,29)/t15-,16+,17-,19+,20+/m0/s1. The minimum absolute atomic E-state index is 0.0943. The third-order valence-electron chi connectivity index (χ3n) is 7.08. The van der Waals surface area contributed by atoms with Gasteiger partial charge in [-0.1, -0.05) is 6.07 Å². The molecule has 0 unspecified atom stereocenters. The van der Waals surface area contributed by atoms with Crippen molar-refractivity contribution in [3.05, 3.63) is 46.8 Å². The summed E-state index contributed by atoms with van der Waals surface area (Å²) in [6.07, 6.45) is -3.55. The number of hydrogen-bond donors (Lipinski definition) is 2. The van der Waals surface area contributed by atoms with E-state index in [0.717, 1.165) is 17.3 Å². The molecule has 2 aromatic rings. The SMILES string of the molecule is Cc1ccc(NC(=O)[C@]23C[C@@]2(c2cn(C)nc2C)[C@H]2O[C@@H]3C[C@@H]2O)cc1C(F)(F)F. The maximum atomic E-state index is 13.4. The number of aromatic nitrogens is 2. The Kier molecular flexibility index (Phi) is 3.82. The predicted octanol–water partition coefficient (Wildman–Crippen LogP) is 2.85. The maximum absolute atomic E-state index is 13.4. The summed E-state index contributed by atoms with van der Waals surface area (Å²) in [5, 5.41) is 17.6. The van der Waals surface area contributed by atoms with Gasteiger partial charge in [-0.15, -0.1) is 0 Å². The summed E-state index contributed by atoms with van der Waals surface area (Å²) in [5.74, 6) is -0.373. The Morgan fingerprint density at radius 3 is 2.73 bits per heavy atom. The molecule has 1 aromatic carbocycles. The molecular formula is C21H22F3N3O3. The summed E-state index contributed by atoms with van der Waals surface area (Å²) in [4.78, 5) is 13.4. The molecule has 30 heavy (non-hydrogen) atoms. The average molecular weight is 421 g/mol. The van der Waals surface area contributed by atoms with E-state index in [9.17, 15) is 23.1 Å². The quantitative estimate of drug-likeness (QED) is 0.799. The second-order valence-corrected chi connectivity index (χ2v) is 8.75. The van der Waals surface area contributed by atoms with Crippen LogP contribution in [0, 0.1) is 19.3 Å². The molecule has 3 heterocycles. The summed E-state index contributed by atoms with van der Waals surface area (Å²) in [6, 6.07) is 3.79. The van der Waals surface area contributed by atoms with Crippen molar-refractivity contribution in [1.29, 1.82) is 0 Å². The molecule has 2 bridgehead atoms. The first-order valence-corrected chi connectivity index (χ1v) is 9.84. The zero-order chi connectivity index (χ0) is 21.6. The van der Waals surface area contributed by atoms with Crippen molar-refractivity contribution in [3.63, 3.8) is 0 Å². The first-order valence-electron chi connectivity index (χ1n) is 9.84. The first-order chi connectivity index (χ1) is 14.0. The number of carbonyl (C=O) groups excluding carboxylic acids is 1. The van der Waals surface area contributed by atoms with Crippen molar-refractivity contribution in [2.45, 2.75) is 56.6 Å². The zero-order valence-corrected chi connectivity index (χ0v) is 16.7. The predicted molar refractivity (Wildman–Crippen MR) is 101 cm³/mol. The Morgan fingerprint density at radius 2 is 2.10 bits per heavy atom. The van der Waals surface area contributed by atoms with Gasteiger partial charge in [0.1, 0.15) is 0 Å². The van der Waals surface area contributed by atoms with Gasteiger partial charge in [-0.05, 0) is 38.0 Å². The van der Waals surface area contributed by atoms with Crippen LogP contribution in [0.1, 0.15) is 35.2 Å². The summed E-state index contributed by atoms with van der Waals surface area (Å²) < 4.78 is 47.5. The van der Waals surface area contributed by atoms with E-state index in [-0.39, 0.29) is 17.2 Å². The van der Waals surface area contributed by atoms with Gasteiger partial charge in [-0.2, -0.15) is 18.3 Å². The number of aliphatic hydroxyl groups excluding tert-OH is 1. The minimum Gasteiger partial charge on any atom is -0.390 e. The lowest BCUT2D eigenvalue weighted by Crippen LogP contribution is -2.44. The van der Waals surface area contributed by atoms with E-state index in [1.54, 1.807) is 11.7 Å². The molecule has 0 radical (unpaired) electrons. The van der Waals surface area contributed by atoms with Gasteiger partial charge in [0, 0.05) is 36.3 Å². The van der Waals surface area contributed by atoms with Gasteiger partial charge in [0.2, 0.25) is 5.91 Å². The lowest BCUT2D eigenvalue weighted by Gasteiger charge is -2.29. The Labute approximate surface area is 171 Å². The van der Waals surface area contributed by atoms with Crippen LogP contribution < -0.4 is 5.32 Å². The Hall–Kier alpha value is -2.39. The number of rotatable bonds is 3. The van der Waals surface area contributed by atoms with Crippen molar-refractivity contribution in [1.82, 2.24) is 9.78 Å². The van der Waals surface area contributed by atoms with Crippen molar-refractivity contribution in [2.24, 2.45) is 12.5 Å². The highest BCUT2D eigenvalue weighted by Crippen LogP contribution is 2.78. The molecule has 3 fully saturated rings. The van der Waals surface area contributed by atoms with Gasteiger partial charge in [0.05, 0.1) is 35.0 Å². The van der Waals surface area contributed by atoms with Crippen LogP contribution in [0.5, 0.6) is 0 Å². The topological polar surface area (TPSA) is 76.4 Å². The molecule has 2 saturated heterocycles. The van der Waals surface area contributed by atoms with E-state index < -0.39 is 40.9 Å². The van der Waals surface area contributed by atoms with Crippen LogP contribution in [-0.2, 0) is 28.2 Å². The molecule has 160 valence electrons. The lowest BCUT2D eigenvalue weighted by atomic mass is 9.74. The summed E-state index contributed by atoms with van der Waals surface area (Å²) >= 11 is 0. The molecule has 6 nitrogen and oxygen atoms in total. The van der Waals surface area contributed by atoms with Crippen LogP contribution in [0.4, 0.5) is 18.9 Å². The van der Waals surface area contributed by atoms with E-state index in [0.29, 0.717) is 12.8 Å². The minimum atomic E-state index is -4.50. The lowest BCUT2D eigenvalue weighted by molar-refractivity contribution is -0.138. The molecule has 3 aliphatic rings. The third-order valence-corrected chi connectivity index (χ3v) is 7.08. The second-order valence-electron chi connectivity index (χ2n) is 8.75. The number of carbonyl (C=O) groups is 1.